The number of benzene rings is 1. The Labute approximate surface area is 152 Å². The minimum atomic E-state index is -0.00994. The van der Waals surface area contributed by atoms with Crippen molar-refractivity contribution in [2.24, 2.45) is 0 Å². The van der Waals surface area contributed by atoms with E-state index in [2.05, 4.69) is 42.9 Å². The summed E-state index contributed by atoms with van der Waals surface area (Å²) in [6, 6.07) is 10.2. The molecular formula is C20H23N3OS. The summed E-state index contributed by atoms with van der Waals surface area (Å²) < 4.78 is 1.73. The molecule has 0 atom stereocenters. The van der Waals surface area contributed by atoms with Gasteiger partial charge in [0.15, 0.2) is 5.16 Å². The normalized spacial score (nSPS) is 11.9. The molecular weight excluding hydrogens is 330 g/mol. The average molecular weight is 353 g/mol. The lowest BCUT2D eigenvalue weighted by Crippen LogP contribution is -2.22. The molecule has 0 saturated heterocycles. The maximum atomic E-state index is 13.0. The third kappa shape index (κ3) is 3.33. The van der Waals surface area contributed by atoms with Crippen molar-refractivity contribution in [1.82, 2.24) is 14.5 Å². The number of rotatable bonds is 3. The van der Waals surface area contributed by atoms with Crippen molar-refractivity contribution in [3.63, 3.8) is 0 Å². The molecule has 25 heavy (non-hydrogen) atoms. The Hall–Kier alpha value is -2.14. The summed E-state index contributed by atoms with van der Waals surface area (Å²) in [6.07, 6.45) is 3.73. The fourth-order valence-electron chi connectivity index (χ4n) is 2.89. The van der Waals surface area contributed by atoms with Crippen LogP contribution >= 0.6 is 11.8 Å². The Morgan fingerprint density at radius 1 is 1.16 bits per heavy atom. The van der Waals surface area contributed by atoms with Crippen LogP contribution in [0.5, 0.6) is 0 Å². The van der Waals surface area contributed by atoms with E-state index < -0.39 is 0 Å². The zero-order valence-electron chi connectivity index (χ0n) is 15.3. The molecule has 130 valence electrons. The molecule has 0 aliphatic rings. The summed E-state index contributed by atoms with van der Waals surface area (Å²) in [4.78, 5) is 21.9. The summed E-state index contributed by atoms with van der Waals surface area (Å²) in [6.45, 7) is 9.09. The number of aryl methyl sites for hydroxylation is 1. The van der Waals surface area contributed by atoms with E-state index in [0.717, 1.165) is 10.9 Å². The lowest BCUT2D eigenvalue weighted by atomic mass is 9.86. The summed E-state index contributed by atoms with van der Waals surface area (Å²) in [5.74, 6) is 0. The number of pyridine rings is 1. The number of aromatic nitrogens is 3. The van der Waals surface area contributed by atoms with Gasteiger partial charge >= 0.3 is 0 Å². The van der Waals surface area contributed by atoms with Crippen LogP contribution in [-0.4, -0.2) is 20.8 Å². The topological polar surface area (TPSA) is 47.8 Å². The minimum absolute atomic E-state index is 0.00994. The van der Waals surface area contributed by atoms with Gasteiger partial charge in [-0.3, -0.25) is 9.36 Å². The van der Waals surface area contributed by atoms with E-state index in [1.54, 1.807) is 10.8 Å². The molecule has 0 N–H and O–H groups in total. The van der Waals surface area contributed by atoms with Gasteiger partial charge in [0.05, 0.1) is 0 Å². The number of thioether (sulfide) groups is 1. The van der Waals surface area contributed by atoms with Crippen LogP contribution in [0.25, 0.3) is 22.2 Å². The minimum Gasteiger partial charge on any atom is -0.292 e. The van der Waals surface area contributed by atoms with E-state index in [1.807, 2.05) is 31.4 Å². The summed E-state index contributed by atoms with van der Waals surface area (Å²) in [5.41, 5.74) is 3.64. The second-order valence-corrected chi connectivity index (χ2v) is 7.84. The maximum Gasteiger partial charge on any atom is 0.260 e. The number of fused-ring (bicyclic) bond motifs is 1. The number of nitrogens with zero attached hydrogens (tertiary/aromatic N) is 3. The van der Waals surface area contributed by atoms with Crippen molar-refractivity contribution in [2.75, 3.05) is 6.26 Å². The third-order valence-electron chi connectivity index (χ3n) is 4.37. The zero-order chi connectivity index (χ0) is 18.2. The second kappa shape index (κ2) is 6.64. The summed E-state index contributed by atoms with van der Waals surface area (Å²) in [5, 5.41) is 1.56. The van der Waals surface area contributed by atoms with Crippen LogP contribution in [0.4, 0.5) is 0 Å². The quantitative estimate of drug-likeness (QED) is 0.514. The molecule has 0 amide bonds. The molecule has 0 saturated carbocycles. The van der Waals surface area contributed by atoms with Crippen LogP contribution in [0, 0.1) is 0 Å². The first-order valence-electron chi connectivity index (χ1n) is 8.40. The average Bonchev–Trinajstić information content (AvgIpc) is 2.60. The van der Waals surface area contributed by atoms with Gasteiger partial charge in [0.25, 0.3) is 5.56 Å². The Morgan fingerprint density at radius 2 is 1.84 bits per heavy atom. The number of hydrogen-bond donors (Lipinski definition) is 0. The molecule has 0 unspecified atom stereocenters. The Kier molecular flexibility index (Phi) is 4.69. The molecule has 2 heterocycles. The number of hydrogen-bond acceptors (Lipinski definition) is 4. The van der Waals surface area contributed by atoms with Crippen molar-refractivity contribution in [3.8, 4) is 11.1 Å². The lowest BCUT2D eigenvalue weighted by Gasteiger charge is -2.19. The van der Waals surface area contributed by atoms with E-state index in [9.17, 15) is 4.79 Å². The molecule has 4 nitrogen and oxygen atoms in total. The van der Waals surface area contributed by atoms with Gasteiger partial charge in [-0.15, -0.1) is 0 Å². The Morgan fingerprint density at radius 3 is 2.40 bits per heavy atom. The first kappa shape index (κ1) is 17.7. The first-order chi connectivity index (χ1) is 11.8. The molecule has 0 bridgehead atoms. The fourth-order valence-corrected chi connectivity index (χ4v) is 3.23. The predicted octanol–water partition coefficient (Wildman–Crippen LogP) is 4.50. The highest BCUT2D eigenvalue weighted by molar-refractivity contribution is 7.98. The molecule has 5 heteroatoms. The molecule has 1 aromatic carbocycles. The largest absolute Gasteiger partial charge is 0.292 e. The van der Waals surface area contributed by atoms with E-state index in [4.69, 9.17) is 0 Å². The van der Waals surface area contributed by atoms with Crippen LogP contribution in [0.1, 0.15) is 33.3 Å². The molecule has 3 rings (SSSR count). The van der Waals surface area contributed by atoms with E-state index in [-0.39, 0.29) is 11.0 Å². The first-order valence-corrected chi connectivity index (χ1v) is 9.63. The van der Waals surface area contributed by atoms with Gasteiger partial charge in [0, 0.05) is 23.7 Å². The van der Waals surface area contributed by atoms with E-state index in [0.29, 0.717) is 22.9 Å². The van der Waals surface area contributed by atoms with Gasteiger partial charge < -0.3 is 0 Å². The van der Waals surface area contributed by atoms with Gasteiger partial charge in [0.2, 0.25) is 0 Å². The van der Waals surface area contributed by atoms with Gasteiger partial charge in [0.1, 0.15) is 5.65 Å². The summed E-state index contributed by atoms with van der Waals surface area (Å²) >= 11 is 1.48. The highest BCUT2D eigenvalue weighted by Gasteiger charge is 2.15. The fraction of sp³-hybridized carbons (Fsp3) is 0.350. The van der Waals surface area contributed by atoms with Crippen molar-refractivity contribution in [3.05, 3.63) is 52.4 Å². The molecule has 0 aliphatic carbocycles. The Balaban J connectivity index is 2.20. The standard InChI is InChI=1S/C20H23N3OS/c1-6-23-17-14(12-21-19(22-17)25-5)11-16(18(23)24)13-7-9-15(10-8-13)20(2,3)4/h7-12H,6H2,1-5H3. The zero-order valence-corrected chi connectivity index (χ0v) is 16.1. The second-order valence-electron chi connectivity index (χ2n) is 7.07. The summed E-state index contributed by atoms with van der Waals surface area (Å²) in [7, 11) is 0. The Bertz CT molecular complexity index is 969. The predicted molar refractivity (Wildman–Crippen MR) is 105 cm³/mol. The monoisotopic (exact) mass is 353 g/mol. The van der Waals surface area contributed by atoms with Crippen LogP contribution < -0.4 is 5.56 Å². The highest BCUT2D eigenvalue weighted by Crippen LogP contribution is 2.26. The van der Waals surface area contributed by atoms with Crippen LogP contribution in [-0.2, 0) is 12.0 Å². The molecule has 2 aromatic heterocycles. The lowest BCUT2D eigenvalue weighted by molar-refractivity contribution is 0.590. The van der Waals surface area contributed by atoms with Gasteiger partial charge in [-0.05, 0) is 35.8 Å². The molecule has 3 aromatic rings. The van der Waals surface area contributed by atoms with Crippen molar-refractivity contribution >= 4 is 22.8 Å². The third-order valence-corrected chi connectivity index (χ3v) is 4.93. The van der Waals surface area contributed by atoms with Crippen LogP contribution in [0.15, 0.2) is 46.5 Å². The highest BCUT2D eigenvalue weighted by atomic mass is 32.2. The van der Waals surface area contributed by atoms with Crippen molar-refractivity contribution in [1.29, 1.82) is 0 Å². The molecule has 0 aliphatic heterocycles. The smallest absolute Gasteiger partial charge is 0.260 e. The molecule has 0 radical (unpaired) electrons. The van der Waals surface area contributed by atoms with Crippen molar-refractivity contribution in [2.45, 2.75) is 44.8 Å². The molecule has 0 fully saturated rings. The SMILES string of the molecule is CCn1c(=O)c(-c2ccc(C(C)(C)C)cc2)cc2cnc(SC)nc21. The van der Waals surface area contributed by atoms with E-state index >= 15 is 0 Å². The van der Waals surface area contributed by atoms with Gasteiger partial charge in [-0.1, -0.05) is 56.8 Å². The van der Waals surface area contributed by atoms with Gasteiger partial charge in [-0.25, -0.2) is 9.97 Å². The molecule has 0 spiro atoms. The van der Waals surface area contributed by atoms with Crippen LogP contribution in [0.2, 0.25) is 0 Å². The van der Waals surface area contributed by atoms with Gasteiger partial charge in [-0.2, -0.15) is 0 Å². The van der Waals surface area contributed by atoms with E-state index in [1.165, 1.54) is 17.3 Å². The van der Waals surface area contributed by atoms with Crippen molar-refractivity contribution < 1.29 is 0 Å². The van der Waals surface area contributed by atoms with Crippen LogP contribution in [0.3, 0.4) is 0 Å². The maximum absolute atomic E-state index is 13.0.